The first-order valence-corrected chi connectivity index (χ1v) is 5.17. The number of pyridine rings is 1. The molecule has 0 spiro atoms. The third-order valence-electron chi connectivity index (χ3n) is 2.24. The molecule has 86 valence electrons. The van der Waals surface area contributed by atoms with E-state index in [-0.39, 0.29) is 12.6 Å². The quantitative estimate of drug-likeness (QED) is 0.644. The summed E-state index contributed by atoms with van der Waals surface area (Å²) in [5.41, 5.74) is 7.49. The lowest BCUT2D eigenvalue weighted by atomic mass is 10.2. The van der Waals surface area contributed by atoms with Crippen LogP contribution in [0.3, 0.4) is 0 Å². The minimum atomic E-state index is -0.380. The minimum Gasteiger partial charge on any atom is -0.457 e. The summed E-state index contributed by atoms with van der Waals surface area (Å²) in [6, 6.07) is 10.3. The van der Waals surface area contributed by atoms with E-state index in [1.807, 2.05) is 0 Å². The van der Waals surface area contributed by atoms with Crippen LogP contribution in [0.15, 0.2) is 48.8 Å². The number of nitrogens with two attached hydrogens (primary N) is 1. The second kappa shape index (κ2) is 5.12. The lowest BCUT2D eigenvalue weighted by Gasteiger charge is -2.05. The highest BCUT2D eigenvalue weighted by molar-refractivity contribution is 5.90. The first-order chi connectivity index (χ1) is 8.25. The zero-order chi connectivity index (χ0) is 12.1. The van der Waals surface area contributed by atoms with Crippen LogP contribution in [0.1, 0.15) is 15.9 Å². The van der Waals surface area contributed by atoms with Gasteiger partial charge < -0.3 is 10.5 Å². The van der Waals surface area contributed by atoms with Gasteiger partial charge >= 0.3 is 5.97 Å². The van der Waals surface area contributed by atoms with Gasteiger partial charge in [-0.05, 0) is 35.9 Å². The normalized spacial score (nSPS) is 9.88. The maximum atomic E-state index is 11.7. The number of benzene rings is 1. The molecule has 2 rings (SSSR count). The topological polar surface area (TPSA) is 65.2 Å². The van der Waals surface area contributed by atoms with Crippen molar-refractivity contribution in [2.45, 2.75) is 6.61 Å². The molecule has 0 saturated carbocycles. The summed E-state index contributed by atoms with van der Waals surface area (Å²) < 4.78 is 5.15. The van der Waals surface area contributed by atoms with E-state index in [0.717, 1.165) is 5.56 Å². The number of hydrogen-bond acceptors (Lipinski definition) is 4. The number of carbonyl (C=O) groups is 1. The van der Waals surface area contributed by atoms with Crippen LogP contribution < -0.4 is 5.73 Å². The fraction of sp³-hybridized carbons (Fsp3) is 0.0769. The Hall–Kier alpha value is -2.36. The van der Waals surface area contributed by atoms with Crippen molar-refractivity contribution in [3.63, 3.8) is 0 Å². The second-order valence-electron chi connectivity index (χ2n) is 3.56. The van der Waals surface area contributed by atoms with Crippen molar-refractivity contribution in [3.8, 4) is 0 Å². The van der Waals surface area contributed by atoms with Gasteiger partial charge in [0.25, 0.3) is 0 Å². The molecule has 4 heteroatoms. The van der Waals surface area contributed by atoms with Crippen molar-refractivity contribution < 1.29 is 9.53 Å². The van der Waals surface area contributed by atoms with E-state index >= 15 is 0 Å². The largest absolute Gasteiger partial charge is 0.457 e. The molecule has 2 aromatic rings. The van der Waals surface area contributed by atoms with E-state index in [9.17, 15) is 4.79 Å². The number of carbonyl (C=O) groups excluding carboxylic acids is 1. The van der Waals surface area contributed by atoms with Crippen LogP contribution in [-0.4, -0.2) is 11.0 Å². The molecule has 1 heterocycles. The molecule has 0 atom stereocenters. The number of rotatable bonds is 3. The second-order valence-corrected chi connectivity index (χ2v) is 3.56. The van der Waals surface area contributed by atoms with E-state index in [0.29, 0.717) is 11.3 Å². The molecule has 0 amide bonds. The molecule has 2 N–H and O–H groups in total. The van der Waals surface area contributed by atoms with E-state index in [2.05, 4.69) is 4.98 Å². The SMILES string of the molecule is Nc1cccc(C(=O)OCc2ccncc2)c1. The van der Waals surface area contributed by atoms with E-state index in [1.165, 1.54) is 0 Å². The maximum absolute atomic E-state index is 11.7. The predicted molar refractivity (Wildman–Crippen MR) is 64.2 cm³/mol. The zero-order valence-corrected chi connectivity index (χ0v) is 9.17. The van der Waals surface area contributed by atoms with Gasteiger partial charge in [0.05, 0.1) is 5.56 Å². The van der Waals surface area contributed by atoms with Crippen LogP contribution in [0.2, 0.25) is 0 Å². The van der Waals surface area contributed by atoms with Gasteiger partial charge in [-0.2, -0.15) is 0 Å². The molecule has 0 saturated heterocycles. The molecule has 0 bridgehead atoms. The van der Waals surface area contributed by atoms with Crippen molar-refractivity contribution in [3.05, 3.63) is 59.9 Å². The maximum Gasteiger partial charge on any atom is 0.338 e. The Morgan fingerprint density at radius 3 is 2.71 bits per heavy atom. The summed E-state index contributed by atoms with van der Waals surface area (Å²) in [5, 5.41) is 0. The Bertz CT molecular complexity index is 512. The summed E-state index contributed by atoms with van der Waals surface area (Å²) in [6.45, 7) is 0.232. The van der Waals surface area contributed by atoms with Gasteiger partial charge in [-0.15, -0.1) is 0 Å². The van der Waals surface area contributed by atoms with Crippen molar-refractivity contribution >= 4 is 11.7 Å². The Balaban J connectivity index is 1.98. The number of hydrogen-bond donors (Lipinski definition) is 1. The zero-order valence-electron chi connectivity index (χ0n) is 9.17. The molecule has 0 aliphatic carbocycles. The third-order valence-corrected chi connectivity index (χ3v) is 2.24. The third kappa shape index (κ3) is 3.04. The smallest absolute Gasteiger partial charge is 0.338 e. The first kappa shape index (κ1) is 11.1. The van der Waals surface area contributed by atoms with Gasteiger partial charge in [0.1, 0.15) is 6.61 Å². The highest BCUT2D eigenvalue weighted by Crippen LogP contribution is 2.09. The van der Waals surface area contributed by atoms with Crippen LogP contribution in [0.5, 0.6) is 0 Å². The van der Waals surface area contributed by atoms with Crippen LogP contribution >= 0.6 is 0 Å². The molecule has 1 aromatic heterocycles. The highest BCUT2D eigenvalue weighted by Gasteiger charge is 2.07. The lowest BCUT2D eigenvalue weighted by Crippen LogP contribution is -2.05. The van der Waals surface area contributed by atoms with Crippen molar-refractivity contribution in [2.24, 2.45) is 0 Å². The molecular weight excluding hydrogens is 216 g/mol. The van der Waals surface area contributed by atoms with Crippen molar-refractivity contribution in [1.82, 2.24) is 4.98 Å². The molecule has 0 fully saturated rings. The average molecular weight is 228 g/mol. The molecule has 17 heavy (non-hydrogen) atoms. The Kier molecular flexibility index (Phi) is 3.35. The van der Waals surface area contributed by atoms with Gasteiger partial charge in [0.2, 0.25) is 0 Å². The highest BCUT2D eigenvalue weighted by atomic mass is 16.5. The van der Waals surface area contributed by atoms with Gasteiger partial charge in [0, 0.05) is 18.1 Å². The van der Waals surface area contributed by atoms with Gasteiger partial charge in [-0.3, -0.25) is 4.98 Å². The molecule has 0 aliphatic rings. The van der Waals surface area contributed by atoms with Gasteiger partial charge in [0.15, 0.2) is 0 Å². The summed E-state index contributed by atoms with van der Waals surface area (Å²) in [4.78, 5) is 15.6. The summed E-state index contributed by atoms with van der Waals surface area (Å²) in [6.07, 6.45) is 3.31. The van der Waals surface area contributed by atoms with Gasteiger partial charge in [-0.25, -0.2) is 4.79 Å². The lowest BCUT2D eigenvalue weighted by molar-refractivity contribution is 0.0472. The standard InChI is InChI=1S/C13H12N2O2/c14-12-3-1-2-11(8-12)13(16)17-9-10-4-6-15-7-5-10/h1-8H,9,14H2. The molecule has 0 radical (unpaired) electrons. The number of esters is 1. The average Bonchev–Trinajstić information content (AvgIpc) is 2.37. The Labute approximate surface area is 99.1 Å². The van der Waals surface area contributed by atoms with E-state index in [4.69, 9.17) is 10.5 Å². The fourth-order valence-corrected chi connectivity index (χ4v) is 1.38. The van der Waals surface area contributed by atoms with E-state index < -0.39 is 0 Å². The monoisotopic (exact) mass is 228 g/mol. The van der Waals surface area contributed by atoms with Crippen LogP contribution in [0, 0.1) is 0 Å². The van der Waals surface area contributed by atoms with Crippen LogP contribution in [0.4, 0.5) is 5.69 Å². The number of ether oxygens (including phenoxy) is 1. The number of anilines is 1. The van der Waals surface area contributed by atoms with Crippen LogP contribution in [0.25, 0.3) is 0 Å². The molecule has 4 nitrogen and oxygen atoms in total. The molecule has 0 unspecified atom stereocenters. The fourth-order valence-electron chi connectivity index (χ4n) is 1.38. The molecule has 1 aromatic carbocycles. The summed E-state index contributed by atoms with van der Waals surface area (Å²) in [5.74, 6) is -0.380. The first-order valence-electron chi connectivity index (χ1n) is 5.17. The molecule has 0 aliphatic heterocycles. The van der Waals surface area contributed by atoms with Gasteiger partial charge in [-0.1, -0.05) is 6.07 Å². The Morgan fingerprint density at radius 2 is 2.00 bits per heavy atom. The number of aromatic nitrogens is 1. The number of nitrogens with zero attached hydrogens (tertiary/aromatic N) is 1. The Morgan fingerprint density at radius 1 is 1.24 bits per heavy atom. The van der Waals surface area contributed by atoms with Crippen molar-refractivity contribution in [1.29, 1.82) is 0 Å². The van der Waals surface area contributed by atoms with E-state index in [1.54, 1.807) is 48.8 Å². The molecular formula is C13H12N2O2. The minimum absolute atomic E-state index is 0.232. The van der Waals surface area contributed by atoms with Crippen molar-refractivity contribution in [2.75, 3.05) is 5.73 Å². The summed E-state index contributed by atoms with van der Waals surface area (Å²) >= 11 is 0. The van der Waals surface area contributed by atoms with Crippen LogP contribution in [-0.2, 0) is 11.3 Å². The summed E-state index contributed by atoms with van der Waals surface area (Å²) in [7, 11) is 0. The number of nitrogen functional groups attached to an aromatic ring is 1. The predicted octanol–water partition coefficient (Wildman–Crippen LogP) is 2.02.